The minimum absolute atomic E-state index is 0.0679. The second-order valence-electron chi connectivity index (χ2n) is 7.47. The molecule has 0 atom stereocenters. The highest BCUT2D eigenvalue weighted by molar-refractivity contribution is 6.31. The molecule has 150 valence electrons. The van der Waals surface area contributed by atoms with Gasteiger partial charge in [-0.1, -0.05) is 53.0 Å². The number of hydrogen-bond donors (Lipinski definition) is 3. The molecular formula is C24H18Cl3N3. The summed E-state index contributed by atoms with van der Waals surface area (Å²) in [5.74, 6) is 0.0679. The lowest BCUT2D eigenvalue weighted by Crippen LogP contribution is -2.06. The highest BCUT2D eigenvalue weighted by Gasteiger charge is 2.23. The Bertz CT molecular complexity index is 1300. The number of rotatable bonds is 4. The van der Waals surface area contributed by atoms with Crippen LogP contribution in [0.3, 0.4) is 0 Å². The minimum Gasteiger partial charge on any atom is -0.398 e. The first-order chi connectivity index (χ1) is 14.5. The maximum Gasteiger partial charge on any atom is 0.0471 e. The van der Waals surface area contributed by atoms with Crippen LogP contribution in [0.15, 0.2) is 67.0 Å². The van der Waals surface area contributed by atoms with E-state index in [1.165, 1.54) is 11.1 Å². The number of benzene rings is 3. The van der Waals surface area contributed by atoms with Gasteiger partial charge in [0.15, 0.2) is 0 Å². The van der Waals surface area contributed by atoms with Gasteiger partial charge < -0.3 is 15.7 Å². The van der Waals surface area contributed by atoms with Gasteiger partial charge in [-0.2, -0.15) is 0 Å². The van der Waals surface area contributed by atoms with Crippen molar-refractivity contribution >= 4 is 62.3 Å². The van der Waals surface area contributed by atoms with Gasteiger partial charge >= 0.3 is 0 Å². The van der Waals surface area contributed by atoms with Gasteiger partial charge in [0.25, 0.3) is 0 Å². The van der Waals surface area contributed by atoms with E-state index in [0.29, 0.717) is 20.8 Å². The molecule has 3 aromatic carbocycles. The lowest BCUT2D eigenvalue weighted by atomic mass is 9.85. The van der Waals surface area contributed by atoms with Gasteiger partial charge in [-0.25, -0.2) is 0 Å². The maximum absolute atomic E-state index is 6.31. The highest BCUT2D eigenvalue weighted by atomic mass is 35.5. The summed E-state index contributed by atoms with van der Waals surface area (Å²) in [6.07, 6.45) is 4.85. The van der Waals surface area contributed by atoms with Crippen molar-refractivity contribution in [1.29, 1.82) is 0 Å². The smallest absolute Gasteiger partial charge is 0.0471 e. The van der Waals surface area contributed by atoms with E-state index in [9.17, 15) is 0 Å². The molecule has 0 aliphatic rings. The fraction of sp³-hybridized carbons (Fsp3) is 0.0833. The predicted octanol–water partition coefficient (Wildman–Crippen LogP) is 7.57. The molecule has 0 bridgehead atoms. The van der Waals surface area contributed by atoms with Crippen LogP contribution in [0, 0.1) is 0 Å². The van der Waals surface area contributed by atoms with Crippen molar-refractivity contribution in [2.24, 2.45) is 0 Å². The van der Waals surface area contributed by atoms with Crippen LogP contribution in [-0.2, 0) is 6.42 Å². The molecule has 0 amide bonds. The van der Waals surface area contributed by atoms with Crippen molar-refractivity contribution in [3.8, 4) is 0 Å². The molecule has 5 aromatic rings. The predicted molar refractivity (Wildman–Crippen MR) is 128 cm³/mol. The second-order valence-corrected chi connectivity index (χ2v) is 8.78. The Balaban J connectivity index is 1.70. The summed E-state index contributed by atoms with van der Waals surface area (Å²) in [4.78, 5) is 6.74. The topological polar surface area (TPSA) is 57.6 Å². The summed E-state index contributed by atoms with van der Waals surface area (Å²) < 4.78 is 0. The van der Waals surface area contributed by atoms with E-state index in [1.54, 1.807) is 6.07 Å². The zero-order valence-corrected chi connectivity index (χ0v) is 18.1. The Morgan fingerprint density at radius 3 is 1.73 bits per heavy atom. The normalized spacial score (nSPS) is 11.7. The van der Waals surface area contributed by atoms with Gasteiger partial charge in [-0.15, -0.1) is 0 Å². The molecule has 0 radical (unpaired) electrons. The standard InChI is InChI=1S/C24H18Cl3N3/c25-14-2-1-13(22(28)8-14)7-19(20-11-29-23-9-15(26)3-5-17(20)23)21-12-30-24-10-16(27)4-6-18(21)24/h1-6,8-12,19,29-30H,7,28H2. The number of nitrogens with two attached hydrogens (primary N) is 1. The van der Waals surface area contributed by atoms with E-state index in [2.05, 4.69) is 34.5 Å². The van der Waals surface area contributed by atoms with Crippen LogP contribution >= 0.6 is 34.8 Å². The molecule has 0 saturated carbocycles. The molecule has 2 aromatic heterocycles. The molecule has 2 heterocycles. The van der Waals surface area contributed by atoms with Crippen LogP contribution in [0.5, 0.6) is 0 Å². The molecule has 30 heavy (non-hydrogen) atoms. The third kappa shape index (κ3) is 3.43. The zero-order valence-electron chi connectivity index (χ0n) is 15.8. The largest absolute Gasteiger partial charge is 0.398 e. The van der Waals surface area contributed by atoms with Gasteiger partial charge in [0, 0.05) is 60.9 Å². The molecule has 4 N–H and O–H groups in total. The quantitative estimate of drug-likeness (QED) is 0.241. The monoisotopic (exact) mass is 453 g/mol. The molecule has 3 nitrogen and oxygen atoms in total. The summed E-state index contributed by atoms with van der Waals surface area (Å²) in [6.45, 7) is 0. The Kier molecular flexibility index (Phi) is 4.90. The van der Waals surface area contributed by atoms with Crippen molar-refractivity contribution in [2.75, 3.05) is 5.73 Å². The van der Waals surface area contributed by atoms with Crippen molar-refractivity contribution in [3.05, 3.63) is 98.7 Å². The van der Waals surface area contributed by atoms with Gasteiger partial charge in [-0.05, 0) is 59.5 Å². The van der Waals surface area contributed by atoms with Gasteiger partial charge in [0.1, 0.15) is 0 Å². The fourth-order valence-corrected chi connectivity index (χ4v) is 4.70. The van der Waals surface area contributed by atoms with Gasteiger partial charge in [0.05, 0.1) is 0 Å². The summed E-state index contributed by atoms with van der Waals surface area (Å²) in [6, 6.07) is 17.6. The first kappa shape index (κ1) is 19.4. The fourth-order valence-electron chi connectivity index (χ4n) is 4.18. The lowest BCUT2D eigenvalue weighted by Gasteiger charge is -2.18. The van der Waals surface area contributed by atoms with Crippen molar-refractivity contribution < 1.29 is 0 Å². The van der Waals surface area contributed by atoms with Crippen LogP contribution in [0.25, 0.3) is 21.8 Å². The first-order valence-corrected chi connectivity index (χ1v) is 10.7. The number of hydrogen-bond acceptors (Lipinski definition) is 1. The number of H-pyrrole nitrogens is 2. The maximum atomic E-state index is 6.31. The number of aromatic amines is 2. The van der Waals surface area contributed by atoms with E-state index in [4.69, 9.17) is 40.5 Å². The third-order valence-electron chi connectivity index (χ3n) is 5.63. The Hall–Kier alpha value is -2.59. The van der Waals surface area contributed by atoms with Crippen LogP contribution in [0.4, 0.5) is 5.69 Å². The van der Waals surface area contributed by atoms with E-state index in [0.717, 1.165) is 33.8 Å². The molecule has 6 heteroatoms. The van der Waals surface area contributed by atoms with E-state index < -0.39 is 0 Å². The molecular weight excluding hydrogens is 437 g/mol. The SMILES string of the molecule is Nc1cc(Cl)ccc1CC(c1c[nH]c2cc(Cl)ccc12)c1c[nH]c2cc(Cl)ccc12. The Morgan fingerprint density at radius 1 is 0.700 bits per heavy atom. The molecule has 0 aliphatic heterocycles. The van der Waals surface area contributed by atoms with Crippen LogP contribution in [-0.4, -0.2) is 9.97 Å². The van der Waals surface area contributed by atoms with Crippen molar-refractivity contribution in [2.45, 2.75) is 12.3 Å². The van der Waals surface area contributed by atoms with Crippen LogP contribution in [0.1, 0.15) is 22.6 Å². The van der Waals surface area contributed by atoms with E-state index in [-0.39, 0.29) is 5.92 Å². The first-order valence-electron chi connectivity index (χ1n) is 9.56. The lowest BCUT2D eigenvalue weighted by molar-refractivity contribution is 0.820. The van der Waals surface area contributed by atoms with Gasteiger partial charge in [0.2, 0.25) is 0 Å². The second kappa shape index (κ2) is 7.59. The minimum atomic E-state index is 0.0679. The molecule has 0 fully saturated rings. The molecule has 0 unspecified atom stereocenters. The average Bonchev–Trinajstić information content (AvgIpc) is 3.31. The van der Waals surface area contributed by atoms with Crippen molar-refractivity contribution in [1.82, 2.24) is 9.97 Å². The number of halogens is 3. The molecule has 0 aliphatic carbocycles. The average molecular weight is 455 g/mol. The summed E-state index contributed by atoms with van der Waals surface area (Å²) in [5, 5.41) is 4.32. The molecule has 5 rings (SSSR count). The Morgan fingerprint density at radius 2 is 1.20 bits per heavy atom. The van der Waals surface area contributed by atoms with E-state index >= 15 is 0 Å². The number of fused-ring (bicyclic) bond motifs is 2. The number of nitrogen functional groups attached to an aromatic ring is 1. The number of aromatic nitrogens is 2. The summed E-state index contributed by atoms with van der Waals surface area (Å²) in [7, 11) is 0. The van der Waals surface area contributed by atoms with Crippen LogP contribution in [0.2, 0.25) is 15.1 Å². The zero-order chi connectivity index (χ0) is 20.8. The van der Waals surface area contributed by atoms with Crippen LogP contribution < -0.4 is 5.73 Å². The summed E-state index contributed by atoms with van der Waals surface area (Å²) >= 11 is 18.5. The molecule has 0 spiro atoms. The molecule has 0 saturated heterocycles. The number of anilines is 1. The number of nitrogens with one attached hydrogen (secondary N) is 2. The Labute approximate surface area is 188 Å². The van der Waals surface area contributed by atoms with E-state index in [1.807, 2.05) is 36.4 Å². The summed E-state index contributed by atoms with van der Waals surface area (Å²) in [5.41, 5.74) is 12.4. The highest BCUT2D eigenvalue weighted by Crippen LogP contribution is 2.39. The van der Waals surface area contributed by atoms with Gasteiger partial charge in [-0.3, -0.25) is 0 Å². The van der Waals surface area contributed by atoms with Crippen molar-refractivity contribution in [3.63, 3.8) is 0 Å². The third-order valence-corrected chi connectivity index (χ3v) is 6.34.